The molecule has 6 rings (SSSR count). The predicted octanol–water partition coefficient (Wildman–Crippen LogP) is 6.67. The number of carboxylic acid groups (broad SMARTS) is 4. The van der Waals surface area contributed by atoms with Crippen molar-refractivity contribution in [3.63, 3.8) is 0 Å². The molecule has 4 aromatic heterocycles. The van der Waals surface area contributed by atoms with E-state index in [1.165, 1.54) is 22.3 Å². The first-order chi connectivity index (χ1) is 25.1. The molecule has 0 atom stereocenters. The van der Waals surface area contributed by atoms with Crippen LogP contribution in [0.3, 0.4) is 0 Å². The molecule has 12 heteroatoms. The minimum Gasteiger partial charge on any atom is -0.478 e. The van der Waals surface area contributed by atoms with E-state index in [2.05, 4.69) is 68.5 Å². The number of rotatable bonds is 11. The standard InChI is InChI=1S/C16H10O8.2C12H12N2/c17-13(18)9-1-7(2-10(5-9)14(19)20)8-3-11(15(21)22)6-12(4-8)16(23)24;2*1(11-3-7-13-8-4-11)2-12-5-9-14-10-6-12/h1-6H,(H,17,18)(H,19,20)(H,21,22)(H,23,24);2*3-10H,1-2H2. The lowest BCUT2D eigenvalue weighted by atomic mass is 9.96. The average Bonchev–Trinajstić information content (AvgIpc) is 3.18. The summed E-state index contributed by atoms with van der Waals surface area (Å²) in [6.07, 6.45) is 18.9. The first kappa shape index (κ1) is 37.7. The van der Waals surface area contributed by atoms with Gasteiger partial charge in [0.15, 0.2) is 0 Å². The molecule has 0 bridgehead atoms. The molecule has 2 aromatic carbocycles. The maximum atomic E-state index is 11.1. The molecule has 0 spiro atoms. The summed E-state index contributed by atoms with van der Waals surface area (Å²) in [6, 6.07) is 22.9. The Hall–Kier alpha value is -7.08. The van der Waals surface area contributed by atoms with Gasteiger partial charge in [-0.3, -0.25) is 19.9 Å². The monoisotopic (exact) mass is 698 g/mol. The highest BCUT2D eigenvalue weighted by molar-refractivity contribution is 5.99. The molecule has 0 saturated heterocycles. The highest BCUT2D eigenvalue weighted by Gasteiger charge is 2.16. The lowest BCUT2D eigenvalue weighted by molar-refractivity contribution is 0.0676. The number of carbonyl (C=O) groups is 4. The van der Waals surface area contributed by atoms with Gasteiger partial charge in [-0.15, -0.1) is 0 Å². The molecule has 0 fully saturated rings. The van der Waals surface area contributed by atoms with Crippen LogP contribution in [0.15, 0.2) is 135 Å². The van der Waals surface area contributed by atoms with Crippen molar-refractivity contribution in [3.8, 4) is 11.1 Å². The van der Waals surface area contributed by atoms with E-state index in [1.54, 1.807) is 0 Å². The van der Waals surface area contributed by atoms with E-state index in [1.807, 2.05) is 49.6 Å². The third kappa shape index (κ3) is 12.1. The van der Waals surface area contributed by atoms with Crippen LogP contribution >= 0.6 is 0 Å². The first-order valence-electron chi connectivity index (χ1n) is 15.9. The normalized spacial score (nSPS) is 10.1. The summed E-state index contributed by atoms with van der Waals surface area (Å²) in [7, 11) is 0. The van der Waals surface area contributed by atoms with Gasteiger partial charge in [0.1, 0.15) is 0 Å². The zero-order valence-electron chi connectivity index (χ0n) is 27.7. The van der Waals surface area contributed by atoms with Crippen LogP contribution in [0.2, 0.25) is 0 Å². The van der Waals surface area contributed by atoms with Crippen LogP contribution in [0, 0.1) is 0 Å². The Balaban J connectivity index is 0.000000185. The van der Waals surface area contributed by atoms with Gasteiger partial charge in [0, 0.05) is 49.6 Å². The Bertz CT molecular complexity index is 1800. The number of benzene rings is 2. The van der Waals surface area contributed by atoms with Gasteiger partial charge < -0.3 is 20.4 Å². The highest BCUT2D eigenvalue weighted by atomic mass is 16.4. The number of hydrogen-bond acceptors (Lipinski definition) is 8. The molecule has 12 nitrogen and oxygen atoms in total. The molecule has 0 aliphatic rings. The summed E-state index contributed by atoms with van der Waals surface area (Å²) in [5, 5.41) is 36.3. The predicted molar refractivity (Wildman–Crippen MR) is 191 cm³/mol. The summed E-state index contributed by atoms with van der Waals surface area (Å²) in [5.41, 5.74) is 4.22. The Kier molecular flexibility index (Phi) is 13.9. The van der Waals surface area contributed by atoms with E-state index in [0.29, 0.717) is 0 Å². The average molecular weight is 699 g/mol. The number of nitrogens with zero attached hydrogens (tertiary/aromatic N) is 4. The number of carboxylic acids is 4. The van der Waals surface area contributed by atoms with Crippen molar-refractivity contribution in [2.24, 2.45) is 0 Å². The van der Waals surface area contributed by atoms with E-state index >= 15 is 0 Å². The fourth-order valence-electron chi connectivity index (χ4n) is 4.86. The van der Waals surface area contributed by atoms with Gasteiger partial charge >= 0.3 is 23.9 Å². The van der Waals surface area contributed by atoms with Crippen molar-refractivity contribution in [2.45, 2.75) is 25.7 Å². The van der Waals surface area contributed by atoms with Crippen LogP contribution in [0.1, 0.15) is 63.7 Å². The van der Waals surface area contributed by atoms with Gasteiger partial charge in [0.05, 0.1) is 22.3 Å². The molecule has 4 N–H and O–H groups in total. The molecule has 0 amide bonds. The second kappa shape index (κ2) is 19.2. The van der Waals surface area contributed by atoms with Crippen molar-refractivity contribution in [1.29, 1.82) is 0 Å². The van der Waals surface area contributed by atoms with Gasteiger partial charge in [-0.1, -0.05) is 0 Å². The number of aryl methyl sites for hydroxylation is 4. The second-order valence-corrected chi connectivity index (χ2v) is 11.2. The second-order valence-electron chi connectivity index (χ2n) is 11.2. The Morgan fingerprint density at radius 3 is 0.712 bits per heavy atom. The Morgan fingerprint density at radius 1 is 0.346 bits per heavy atom. The van der Waals surface area contributed by atoms with Crippen LogP contribution in [0.5, 0.6) is 0 Å². The molecular weight excluding hydrogens is 664 g/mol. The fourth-order valence-corrected chi connectivity index (χ4v) is 4.86. The number of aromatic nitrogens is 4. The van der Waals surface area contributed by atoms with Crippen LogP contribution in [0.4, 0.5) is 0 Å². The fraction of sp³-hybridized carbons (Fsp3) is 0.100. The first-order valence-corrected chi connectivity index (χ1v) is 15.9. The third-order valence-electron chi connectivity index (χ3n) is 7.59. The number of aromatic carboxylic acids is 4. The van der Waals surface area contributed by atoms with Gasteiger partial charge in [0.2, 0.25) is 0 Å². The molecule has 0 aliphatic heterocycles. The lowest BCUT2D eigenvalue weighted by Crippen LogP contribution is -2.05. The molecule has 262 valence electrons. The molecule has 0 unspecified atom stereocenters. The van der Waals surface area contributed by atoms with E-state index in [-0.39, 0.29) is 33.4 Å². The lowest BCUT2D eigenvalue weighted by Gasteiger charge is -2.08. The van der Waals surface area contributed by atoms with E-state index in [9.17, 15) is 19.2 Å². The molecule has 4 heterocycles. The van der Waals surface area contributed by atoms with E-state index in [0.717, 1.165) is 62.1 Å². The number of pyridine rings is 4. The summed E-state index contributed by atoms with van der Waals surface area (Å²) >= 11 is 0. The minimum atomic E-state index is -1.37. The van der Waals surface area contributed by atoms with Gasteiger partial charge in [-0.05, 0) is 144 Å². The Labute approximate surface area is 298 Å². The van der Waals surface area contributed by atoms with Crippen molar-refractivity contribution in [3.05, 3.63) is 179 Å². The number of hydrogen-bond donors (Lipinski definition) is 4. The molecular formula is C40H34N4O8. The molecule has 0 saturated carbocycles. The van der Waals surface area contributed by atoms with Gasteiger partial charge in [-0.25, -0.2) is 19.2 Å². The van der Waals surface area contributed by atoms with Crippen LogP contribution < -0.4 is 0 Å². The topological polar surface area (TPSA) is 201 Å². The quantitative estimate of drug-likeness (QED) is 0.112. The van der Waals surface area contributed by atoms with Crippen molar-refractivity contribution < 1.29 is 39.6 Å². The summed E-state index contributed by atoms with van der Waals surface area (Å²) in [5.74, 6) is -5.47. The van der Waals surface area contributed by atoms with Gasteiger partial charge in [-0.2, -0.15) is 0 Å². The largest absolute Gasteiger partial charge is 0.478 e. The van der Waals surface area contributed by atoms with Crippen molar-refractivity contribution in [1.82, 2.24) is 19.9 Å². The van der Waals surface area contributed by atoms with Gasteiger partial charge in [0.25, 0.3) is 0 Å². The summed E-state index contributed by atoms with van der Waals surface area (Å²) in [4.78, 5) is 60.5. The van der Waals surface area contributed by atoms with Crippen LogP contribution in [-0.4, -0.2) is 64.2 Å². The molecule has 52 heavy (non-hydrogen) atoms. The van der Waals surface area contributed by atoms with Crippen molar-refractivity contribution in [2.75, 3.05) is 0 Å². The zero-order chi connectivity index (χ0) is 37.3. The highest BCUT2D eigenvalue weighted by Crippen LogP contribution is 2.26. The molecule has 6 aromatic rings. The minimum absolute atomic E-state index is 0.0814. The summed E-state index contributed by atoms with van der Waals surface area (Å²) < 4.78 is 0. The third-order valence-corrected chi connectivity index (χ3v) is 7.59. The van der Waals surface area contributed by atoms with E-state index in [4.69, 9.17) is 20.4 Å². The maximum Gasteiger partial charge on any atom is 0.335 e. The van der Waals surface area contributed by atoms with Crippen molar-refractivity contribution >= 4 is 23.9 Å². The Morgan fingerprint density at radius 2 is 0.538 bits per heavy atom. The molecule has 0 radical (unpaired) electrons. The smallest absolute Gasteiger partial charge is 0.335 e. The van der Waals surface area contributed by atoms with E-state index < -0.39 is 23.9 Å². The maximum absolute atomic E-state index is 11.1. The zero-order valence-corrected chi connectivity index (χ0v) is 27.7. The summed E-state index contributed by atoms with van der Waals surface area (Å²) in [6.45, 7) is 0. The van der Waals surface area contributed by atoms with Crippen LogP contribution in [-0.2, 0) is 25.7 Å². The molecule has 0 aliphatic carbocycles. The van der Waals surface area contributed by atoms with Crippen LogP contribution in [0.25, 0.3) is 11.1 Å². The SMILES string of the molecule is O=C(O)c1cc(C(=O)O)cc(-c2cc(C(=O)O)cc(C(=O)O)c2)c1.c1cc(CCc2ccncc2)ccn1.c1cc(CCc2ccncc2)ccn1.